The van der Waals surface area contributed by atoms with Gasteiger partial charge >= 0.3 is 0 Å². The number of benzene rings is 2. The van der Waals surface area contributed by atoms with Gasteiger partial charge in [0.1, 0.15) is 12.1 Å². The number of fused-ring (bicyclic) bond motifs is 1. The van der Waals surface area contributed by atoms with Gasteiger partial charge in [-0.3, -0.25) is 4.79 Å². The lowest BCUT2D eigenvalue weighted by Gasteiger charge is -2.19. The van der Waals surface area contributed by atoms with Gasteiger partial charge in [-0.25, -0.2) is 15.4 Å². The van der Waals surface area contributed by atoms with Crippen LogP contribution in [-0.2, 0) is 11.3 Å². The van der Waals surface area contributed by atoms with E-state index in [1.165, 1.54) is 0 Å². The molecule has 27 heavy (non-hydrogen) atoms. The summed E-state index contributed by atoms with van der Waals surface area (Å²) in [5.41, 5.74) is 6.32. The van der Waals surface area contributed by atoms with Gasteiger partial charge in [-0.15, -0.1) is 0 Å². The molecule has 0 saturated heterocycles. The molecule has 7 heteroatoms. The number of rotatable bonds is 4. The van der Waals surface area contributed by atoms with Crippen LogP contribution in [0, 0.1) is 5.92 Å². The molecule has 0 radical (unpaired) electrons. The number of hydrazone groups is 1. The lowest BCUT2D eigenvalue weighted by Crippen LogP contribution is -2.31. The fourth-order valence-corrected chi connectivity index (χ4v) is 3.27. The normalized spacial score (nSPS) is 16.7. The van der Waals surface area contributed by atoms with Crippen molar-refractivity contribution in [3.63, 3.8) is 0 Å². The Morgan fingerprint density at radius 1 is 1.19 bits per heavy atom. The highest BCUT2D eigenvalue weighted by Crippen LogP contribution is 2.24. The van der Waals surface area contributed by atoms with Crippen LogP contribution >= 0.6 is 11.6 Å². The number of carbonyl (C=O) groups excluding carboxylic acids is 1. The van der Waals surface area contributed by atoms with Crippen LogP contribution < -0.4 is 10.7 Å². The standard InChI is InChI=1S/C20H18ClN5O/c1-12-8-18(27)25-26-19(12)14-4-7-16-17(9-14)23-11-24-20(16)22-10-13-2-5-15(21)6-3-13/h2-7,9,11-12H,8,10H2,1H3,(H,25,27)(H,22,23,24). The van der Waals surface area contributed by atoms with E-state index in [0.29, 0.717) is 13.0 Å². The molecule has 0 aliphatic carbocycles. The van der Waals surface area contributed by atoms with E-state index in [-0.39, 0.29) is 11.8 Å². The van der Waals surface area contributed by atoms with Crippen molar-refractivity contribution in [1.29, 1.82) is 0 Å². The molecule has 1 unspecified atom stereocenters. The quantitative estimate of drug-likeness (QED) is 0.723. The summed E-state index contributed by atoms with van der Waals surface area (Å²) >= 11 is 5.93. The van der Waals surface area contributed by atoms with Crippen LogP contribution in [0.4, 0.5) is 5.82 Å². The fourth-order valence-electron chi connectivity index (χ4n) is 3.15. The molecule has 1 amide bonds. The third-order valence-electron chi connectivity index (χ3n) is 4.56. The van der Waals surface area contributed by atoms with Crippen LogP contribution in [0.1, 0.15) is 24.5 Å². The van der Waals surface area contributed by atoms with Crippen LogP contribution in [0.2, 0.25) is 5.02 Å². The molecule has 136 valence electrons. The first kappa shape index (κ1) is 17.4. The minimum Gasteiger partial charge on any atom is -0.365 e. The zero-order valence-electron chi connectivity index (χ0n) is 14.7. The molecule has 0 saturated carbocycles. The molecule has 2 heterocycles. The van der Waals surface area contributed by atoms with Gasteiger partial charge in [-0.05, 0) is 29.8 Å². The zero-order valence-corrected chi connectivity index (χ0v) is 15.5. The fraction of sp³-hybridized carbons (Fsp3) is 0.200. The van der Waals surface area contributed by atoms with Crippen molar-refractivity contribution >= 4 is 39.9 Å². The van der Waals surface area contributed by atoms with E-state index < -0.39 is 0 Å². The Balaban J connectivity index is 1.60. The first-order chi connectivity index (χ1) is 13.1. The maximum atomic E-state index is 11.5. The van der Waals surface area contributed by atoms with Crippen molar-refractivity contribution in [1.82, 2.24) is 15.4 Å². The number of hydrogen-bond donors (Lipinski definition) is 2. The predicted octanol–water partition coefficient (Wildman–Crippen LogP) is 3.76. The van der Waals surface area contributed by atoms with Crippen molar-refractivity contribution in [2.45, 2.75) is 19.9 Å². The van der Waals surface area contributed by atoms with E-state index in [2.05, 4.69) is 25.8 Å². The SMILES string of the molecule is CC1CC(=O)NN=C1c1ccc2c(NCc3ccc(Cl)cc3)ncnc2c1. The largest absolute Gasteiger partial charge is 0.365 e. The summed E-state index contributed by atoms with van der Waals surface area (Å²) in [6.07, 6.45) is 1.98. The molecule has 3 aromatic rings. The summed E-state index contributed by atoms with van der Waals surface area (Å²) < 4.78 is 0. The molecule has 1 atom stereocenters. The highest BCUT2D eigenvalue weighted by molar-refractivity contribution is 6.30. The molecule has 1 aromatic heterocycles. The van der Waals surface area contributed by atoms with E-state index in [4.69, 9.17) is 11.6 Å². The maximum absolute atomic E-state index is 11.5. The number of hydrogen-bond acceptors (Lipinski definition) is 5. The van der Waals surface area contributed by atoms with E-state index >= 15 is 0 Å². The molecule has 0 fully saturated rings. The smallest absolute Gasteiger partial charge is 0.240 e. The van der Waals surface area contributed by atoms with Gasteiger partial charge in [0, 0.05) is 34.9 Å². The average Bonchev–Trinajstić information content (AvgIpc) is 2.67. The highest BCUT2D eigenvalue weighted by Gasteiger charge is 2.22. The second kappa shape index (κ2) is 7.32. The second-order valence-corrected chi connectivity index (χ2v) is 7.01. The number of amides is 1. The minimum absolute atomic E-state index is 0.0527. The van der Waals surface area contributed by atoms with Crippen molar-refractivity contribution in [3.05, 3.63) is 64.9 Å². The molecule has 2 N–H and O–H groups in total. The Labute approximate surface area is 161 Å². The van der Waals surface area contributed by atoms with E-state index in [1.54, 1.807) is 6.33 Å². The number of halogens is 1. The van der Waals surface area contributed by atoms with Gasteiger partial charge in [0.05, 0.1) is 11.2 Å². The molecule has 1 aliphatic heterocycles. The monoisotopic (exact) mass is 379 g/mol. The van der Waals surface area contributed by atoms with Gasteiger partial charge in [0.25, 0.3) is 0 Å². The third kappa shape index (κ3) is 3.75. The van der Waals surface area contributed by atoms with Crippen LogP contribution in [-0.4, -0.2) is 21.6 Å². The maximum Gasteiger partial charge on any atom is 0.240 e. The molecule has 2 aromatic carbocycles. The summed E-state index contributed by atoms with van der Waals surface area (Å²) in [4.78, 5) is 20.2. The molecule has 1 aliphatic rings. The van der Waals surface area contributed by atoms with Gasteiger partial charge < -0.3 is 5.32 Å². The molecule has 0 spiro atoms. The first-order valence-electron chi connectivity index (χ1n) is 8.70. The van der Waals surface area contributed by atoms with Gasteiger partial charge in [-0.1, -0.05) is 36.7 Å². The van der Waals surface area contributed by atoms with Crippen molar-refractivity contribution < 1.29 is 4.79 Å². The highest BCUT2D eigenvalue weighted by atomic mass is 35.5. The predicted molar refractivity (Wildman–Crippen MR) is 107 cm³/mol. The van der Waals surface area contributed by atoms with Crippen molar-refractivity contribution in [2.24, 2.45) is 11.0 Å². The molecular weight excluding hydrogens is 362 g/mol. The second-order valence-electron chi connectivity index (χ2n) is 6.57. The molecule has 0 bridgehead atoms. The van der Waals surface area contributed by atoms with Crippen molar-refractivity contribution in [2.75, 3.05) is 5.32 Å². The number of nitrogens with one attached hydrogen (secondary N) is 2. The van der Waals surface area contributed by atoms with Crippen molar-refractivity contribution in [3.8, 4) is 0 Å². The summed E-state index contributed by atoms with van der Waals surface area (Å²) in [5.74, 6) is 0.789. The van der Waals surface area contributed by atoms with Crippen LogP contribution in [0.15, 0.2) is 53.9 Å². The van der Waals surface area contributed by atoms with E-state index in [1.807, 2.05) is 49.4 Å². The lowest BCUT2D eigenvalue weighted by atomic mass is 9.93. The summed E-state index contributed by atoms with van der Waals surface area (Å²) in [5, 5.41) is 9.23. The van der Waals surface area contributed by atoms with Gasteiger partial charge in [0.15, 0.2) is 0 Å². The molecular formula is C20H18ClN5O. The van der Waals surface area contributed by atoms with E-state index in [0.717, 1.165) is 38.6 Å². The van der Waals surface area contributed by atoms with Crippen LogP contribution in [0.3, 0.4) is 0 Å². The molecule has 6 nitrogen and oxygen atoms in total. The number of nitrogens with zero attached hydrogens (tertiary/aromatic N) is 3. The zero-order chi connectivity index (χ0) is 18.8. The Hall–Kier alpha value is -2.99. The summed E-state index contributed by atoms with van der Waals surface area (Å²) in [6, 6.07) is 13.7. The molecule has 4 rings (SSSR count). The topological polar surface area (TPSA) is 79.3 Å². The first-order valence-corrected chi connectivity index (χ1v) is 9.08. The minimum atomic E-state index is -0.0527. The Kier molecular flexibility index (Phi) is 4.73. The average molecular weight is 380 g/mol. The Morgan fingerprint density at radius 2 is 2.00 bits per heavy atom. The number of aromatic nitrogens is 2. The van der Waals surface area contributed by atoms with E-state index in [9.17, 15) is 4.79 Å². The number of carbonyl (C=O) groups is 1. The van der Waals surface area contributed by atoms with Gasteiger partial charge in [0.2, 0.25) is 5.91 Å². The number of anilines is 1. The van der Waals surface area contributed by atoms with Gasteiger partial charge in [-0.2, -0.15) is 5.10 Å². The Morgan fingerprint density at radius 3 is 2.78 bits per heavy atom. The van der Waals surface area contributed by atoms with Crippen LogP contribution in [0.25, 0.3) is 10.9 Å². The summed E-state index contributed by atoms with van der Waals surface area (Å²) in [7, 11) is 0. The third-order valence-corrected chi connectivity index (χ3v) is 4.82. The lowest BCUT2D eigenvalue weighted by molar-refractivity contribution is -0.121. The summed E-state index contributed by atoms with van der Waals surface area (Å²) in [6.45, 7) is 2.64. The van der Waals surface area contributed by atoms with Crippen LogP contribution in [0.5, 0.6) is 0 Å². The Bertz CT molecular complexity index is 1030.